The molecule has 1 aliphatic rings. The monoisotopic (exact) mass is 513 g/mol. The van der Waals surface area contributed by atoms with Gasteiger partial charge in [-0.15, -0.1) is 0 Å². The summed E-state index contributed by atoms with van der Waals surface area (Å²) in [5.74, 6) is 0.837. The average Bonchev–Trinajstić information content (AvgIpc) is 2.82. The second-order valence-electron chi connectivity index (χ2n) is 8.92. The third-order valence-electron chi connectivity index (χ3n) is 5.77. The van der Waals surface area contributed by atoms with Crippen LogP contribution in [0.2, 0.25) is 5.02 Å². The molecule has 0 fully saturated rings. The van der Waals surface area contributed by atoms with Gasteiger partial charge in [-0.05, 0) is 79.4 Å². The van der Waals surface area contributed by atoms with Crippen molar-refractivity contribution in [2.24, 2.45) is 0 Å². The number of benzene rings is 3. The summed E-state index contributed by atoms with van der Waals surface area (Å²) in [6.45, 7) is 5.06. The number of hydrogen-bond acceptors (Lipinski definition) is 5. The van der Waals surface area contributed by atoms with E-state index in [9.17, 15) is 13.2 Å². The first-order chi connectivity index (χ1) is 16.6. The average molecular weight is 514 g/mol. The number of ether oxygens (including phenoxy) is 2. The molecule has 0 bridgehead atoms. The molecule has 0 saturated carbocycles. The number of hydrogen-bond donors (Lipinski definition) is 0. The van der Waals surface area contributed by atoms with Crippen LogP contribution in [0.15, 0.2) is 65.6 Å². The van der Waals surface area contributed by atoms with Crippen molar-refractivity contribution in [3.63, 3.8) is 0 Å². The highest BCUT2D eigenvalue weighted by Gasteiger charge is 2.26. The van der Waals surface area contributed by atoms with E-state index in [0.29, 0.717) is 36.9 Å². The Kier molecular flexibility index (Phi) is 7.38. The predicted octanol–water partition coefficient (Wildman–Crippen LogP) is 5.31. The van der Waals surface area contributed by atoms with E-state index in [-0.39, 0.29) is 22.5 Å². The molecule has 0 aromatic heterocycles. The topological polar surface area (TPSA) is 72.9 Å². The lowest BCUT2D eigenvalue weighted by atomic mass is 9.98. The van der Waals surface area contributed by atoms with Gasteiger partial charge in [-0.1, -0.05) is 29.8 Å². The Bertz CT molecular complexity index is 1340. The van der Waals surface area contributed by atoms with Gasteiger partial charge in [-0.3, -0.25) is 4.79 Å². The quantitative estimate of drug-likeness (QED) is 0.428. The lowest BCUT2D eigenvalue weighted by Gasteiger charge is -2.30. The van der Waals surface area contributed by atoms with Crippen molar-refractivity contribution >= 4 is 27.3 Å². The van der Waals surface area contributed by atoms with Crippen molar-refractivity contribution in [3.8, 4) is 11.5 Å². The van der Waals surface area contributed by atoms with Gasteiger partial charge in [-0.25, -0.2) is 8.42 Å². The zero-order valence-electron chi connectivity index (χ0n) is 20.0. The number of rotatable bonds is 7. The fourth-order valence-corrected chi connectivity index (χ4v) is 4.75. The Hall–Kier alpha value is -3.03. The van der Waals surface area contributed by atoms with Crippen LogP contribution in [0.4, 0.5) is 0 Å². The molecule has 3 aromatic carbocycles. The van der Waals surface area contributed by atoms with Crippen LogP contribution < -0.4 is 9.47 Å². The summed E-state index contributed by atoms with van der Waals surface area (Å²) in [6.07, 6.45) is 1.67. The third kappa shape index (κ3) is 6.16. The largest absolute Gasteiger partial charge is 0.490 e. The molecule has 4 rings (SSSR count). The summed E-state index contributed by atoms with van der Waals surface area (Å²) < 4.78 is 36.0. The van der Waals surface area contributed by atoms with Gasteiger partial charge in [0.15, 0.2) is 9.84 Å². The molecular formula is C27H28ClNO5S. The Morgan fingerprint density at radius 3 is 2.46 bits per heavy atom. The highest BCUT2D eigenvalue weighted by atomic mass is 35.5. The molecule has 3 aromatic rings. The van der Waals surface area contributed by atoms with Crippen LogP contribution in [0.5, 0.6) is 11.5 Å². The minimum atomic E-state index is -3.47. The lowest BCUT2D eigenvalue weighted by molar-refractivity contribution is 0.0728. The molecule has 1 heterocycles. The summed E-state index contributed by atoms with van der Waals surface area (Å²) in [6, 6.07) is 17.9. The van der Waals surface area contributed by atoms with Crippen LogP contribution in [-0.4, -0.2) is 38.1 Å². The number of halogens is 1. The van der Waals surface area contributed by atoms with E-state index in [2.05, 4.69) is 0 Å². The summed E-state index contributed by atoms with van der Waals surface area (Å²) in [5.41, 5.74) is 3.42. The maximum atomic E-state index is 13.5. The molecule has 0 atom stereocenters. The highest BCUT2D eigenvalue weighted by molar-refractivity contribution is 7.90. The number of carbonyl (C=O) groups excluding carboxylic acids is 1. The molecule has 0 N–H and O–H groups in total. The number of carbonyl (C=O) groups is 1. The van der Waals surface area contributed by atoms with Crippen molar-refractivity contribution in [1.29, 1.82) is 0 Å². The molecule has 0 unspecified atom stereocenters. The van der Waals surface area contributed by atoms with Gasteiger partial charge in [0.05, 0.1) is 16.6 Å². The third-order valence-corrected chi connectivity index (χ3v) is 7.13. The number of nitrogens with zero attached hydrogens (tertiary/aromatic N) is 1. The number of amides is 1. The lowest BCUT2D eigenvalue weighted by Crippen LogP contribution is -2.36. The van der Waals surface area contributed by atoms with Gasteiger partial charge in [0.1, 0.15) is 18.1 Å². The second-order valence-corrected chi connectivity index (χ2v) is 11.4. The molecule has 6 nitrogen and oxygen atoms in total. The molecule has 1 amide bonds. The normalized spacial score (nSPS) is 13.5. The zero-order valence-corrected chi connectivity index (χ0v) is 21.5. The van der Waals surface area contributed by atoms with E-state index in [1.165, 1.54) is 12.1 Å². The molecule has 1 aliphatic heterocycles. The van der Waals surface area contributed by atoms with Crippen LogP contribution in [-0.2, 0) is 29.4 Å². The van der Waals surface area contributed by atoms with E-state index in [1.54, 1.807) is 11.0 Å². The van der Waals surface area contributed by atoms with Gasteiger partial charge >= 0.3 is 0 Å². The smallest absolute Gasteiger partial charge is 0.257 e. The Morgan fingerprint density at radius 1 is 1.03 bits per heavy atom. The second kappa shape index (κ2) is 10.3. The first kappa shape index (κ1) is 25.1. The Balaban J connectivity index is 1.55. The van der Waals surface area contributed by atoms with Crippen LogP contribution in [0.1, 0.15) is 40.9 Å². The standard InChI is InChI=1S/C27H28ClNO5S/c1-18(2)34-26-11-10-24(35(3,31)32)15-25(26)27(30)29-13-12-20-6-9-23(14-21(20)16-29)33-17-19-4-7-22(28)8-5-19/h4-11,14-15,18H,12-13,16-17H2,1-3H3. The van der Waals surface area contributed by atoms with Crippen molar-refractivity contribution in [2.75, 3.05) is 12.8 Å². The van der Waals surface area contributed by atoms with E-state index < -0.39 is 9.84 Å². The summed E-state index contributed by atoms with van der Waals surface area (Å²) in [5, 5.41) is 0.677. The molecule has 0 radical (unpaired) electrons. The van der Waals surface area contributed by atoms with Crippen molar-refractivity contribution in [2.45, 2.75) is 44.4 Å². The van der Waals surface area contributed by atoms with Gasteiger partial charge in [0.25, 0.3) is 5.91 Å². The molecule has 8 heteroatoms. The number of fused-ring (bicyclic) bond motifs is 1. The first-order valence-corrected chi connectivity index (χ1v) is 13.7. The van der Waals surface area contributed by atoms with Gasteiger partial charge in [-0.2, -0.15) is 0 Å². The van der Waals surface area contributed by atoms with Crippen molar-refractivity contribution in [1.82, 2.24) is 4.90 Å². The molecular weight excluding hydrogens is 486 g/mol. The van der Waals surface area contributed by atoms with Gasteiger partial charge in [0.2, 0.25) is 0 Å². The van der Waals surface area contributed by atoms with Crippen molar-refractivity contribution in [3.05, 3.63) is 87.9 Å². The fraction of sp³-hybridized carbons (Fsp3) is 0.296. The van der Waals surface area contributed by atoms with Crippen molar-refractivity contribution < 1.29 is 22.7 Å². The minimum Gasteiger partial charge on any atom is -0.490 e. The van der Waals surface area contributed by atoms with E-state index in [4.69, 9.17) is 21.1 Å². The zero-order chi connectivity index (χ0) is 25.2. The van der Waals surface area contributed by atoms with E-state index >= 15 is 0 Å². The molecule has 0 saturated heterocycles. The van der Waals surface area contributed by atoms with Gasteiger partial charge in [0, 0.05) is 24.4 Å². The summed E-state index contributed by atoms with van der Waals surface area (Å²) >= 11 is 5.95. The summed E-state index contributed by atoms with van der Waals surface area (Å²) in [7, 11) is -3.47. The molecule has 0 spiro atoms. The maximum Gasteiger partial charge on any atom is 0.257 e. The van der Waals surface area contributed by atoms with Crippen LogP contribution >= 0.6 is 11.6 Å². The fourth-order valence-electron chi connectivity index (χ4n) is 3.98. The van der Waals surface area contributed by atoms with E-state index in [0.717, 1.165) is 28.7 Å². The van der Waals surface area contributed by atoms with Crippen LogP contribution in [0.3, 0.4) is 0 Å². The van der Waals surface area contributed by atoms with Crippen LogP contribution in [0.25, 0.3) is 0 Å². The molecule has 184 valence electrons. The predicted molar refractivity (Wildman–Crippen MR) is 136 cm³/mol. The highest BCUT2D eigenvalue weighted by Crippen LogP contribution is 2.29. The van der Waals surface area contributed by atoms with Crippen LogP contribution in [0, 0.1) is 0 Å². The summed E-state index contributed by atoms with van der Waals surface area (Å²) in [4.78, 5) is 15.3. The Labute approximate surface area is 211 Å². The number of sulfone groups is 1. The van der Waals surface area contributed by atoms with E-state index in [1.807, 2.05) is 56.3 Å². The van der Waals surface area contributed by atoms with Gasteiger partial charge < -0.3 is 14.4 Å². The first-order valence-electron chi connectivity index (χ1n) is 11.4. The maximum absolute atomic E-state index is 13.5. The molecule has 0 aliphatic carbocycles. The Morgan fingerprint density at radius 2 is 1.77 bits per heavy atom. The SMILES string of the molecule is CC(C)Oc1ccc(S(C)(=O)=O)cc1C(=O)N1CCc2ccc(OCc3ccc(Cl)cc3)cc2C1. The minimum absolute atomic E-state index is 0.0900. The molecule has 35 heavy (non-hydrogen) atoms.